The Morgan fingerprint density at radius 2 is 1.89 bits per heavy atom. The highest BCUT2D eigenvalue weighted by Crippen LogP contribution is 2.21. The van der Waals surface area contributed by atoms with E-state index < -0.39 is 15.7 Å². The van der Waals surface area contributed by atoms with Crippen molar-refractivity contribution in [1.29, 1.82) is 0 Å². The molecule has 6 heteroatoms. The van der Waals surface area contributed by atoms with Gasteiger partial charge < -0.3 is 5.73 Å². The molecule has 0 bridgehead atoms. The molecular weight excluding hydrogens is 289 g/mol. The molecular formula is C13H11ClFNO2S. The highest BCUT2D eigenvalue weighted by Gasteiger charge is 2.16. The van der Waals surface area contributed by atoms with E-state index in [9.17, 15) is 12.8 Å². The van der Waals surface area contributed by atoms with Crippen LogP contribution in [0, 0.1) is 5.82 Å². The third-order valence-corrected chi connectivity index (χ3v) is 4.55. The second-order valence-electron chi connectivity index (χ2n) is 4.08. The molecule has 0 aliphatic rings. The van der Waals surface area contributed by atoms with Gasteiger partial charge in [-0.2, -0.15) is 0 Å². The van der Waals surface area contributed by atoms with Gasteiger partial charge in [-0.1, -0.05) is 23.7 Å². The van der Waals surface area contributed by atoms with Crippen LogP contribution in [0.1, 0.15) is 5.56 Å². The predicted octanol–water partition coefficient (Wildman–Crippen LogP) is 3.04. The Kier molecular flexibility index (Phi) is 3.78. The summed E-state index contributed by atoms with van der Waals surface area (Å²) >= 11 is 5.55. The molecule has 2 rings (SSSR count). The summed E-state index contributed by atoms with van der Waals surface area (Å²) in [5.41, 5.74) is 6.25. The summed E-state index contributed by atoms with van der Waals surface area (Å²) in [7, 11) is -3.56. The number of nitrogen functional groups attached to an aromatic ring is 1. The largest absolute Gasteiger partial charge is 0.399 e. The van der Waals surface area contributed by atoms with Crippen molar-refractivity contribution in [2.24, 2.45) is 0 Å². The number of rotatable bonds is 3. The minimum Gasteiger partial charge on any atom is -0.399 e. The number of nitrogens with two attached hydrogens (primary N) is 1. The SMILES string of the molecule is Nc1cccc(S(=O)(=O)Cc2ccc(Cl)c(F)c2)c1. The molecule has 0 heterocycles. The van der Waals surface area contributed by atoms with Crippen molar-refractivity contribution in [3.05, 3.63) is 58.9 Å². The van der Waals surface area contributed by atoms with Gasteiger partial charge in [-0.05, 0) is 35.9 Å². The number of benzene rings is 2. The maximum atomic E-state index is 13.3. The van der Waals surface area contributed by atoms with Crippen LogP contribution in [0.2, 0.25) is 5.02 Å². The number of hydrogen-bond acceptors (Lipinski definition) is 3. The first-order valence-corrected chi connectivity index (χ1v) is 7.44. The molecule has 0 aromatic heterocycles. The Morgan fingerprint density at radius 3 is 2.53 bits per heavy atom. The van der Waals surface area contributed by atoms with E-state index in [0.717, 1.165) is 6.07 Å². The van der Waals surface area contributed by atoms with Gasteiger partial charge in [-0.25, -0.2) is 12.8 Å². The van der Waals surface area contributed by atoms with Crippen LogP contribution in [0.4, 0.5) is 10.1 Å². The van der Waals surface area contributed by atoms with Gasteiger partial charge in [0.05, 0.1) is 15.7 Å². The smallest absolute Gasteiger partial charge is 0.182 e. The molecule has 2 aromatic carbocycles. The van der Waals surface area contributed by atoms with Crippen LogP contribution in [-0.4, -0.2) is 8.42 Å². The average Bonchev–Trinajstić information content (AvgIpc) is 2.33. The van der Waals surface area contributed by atoms with Gasteiger partial charge >= 0.3 is 0 Å². The third-order valence-electron chi connectivity index (χ3n) is 2.56. The van der Waals surface area contributed by atoms with E-state index in [1.807, 2.05) is 0 Å². The summed E-state index contributed by atoms with van der Waals surface area (Å²) in [6, 6.07) is 9.92. The number of anilines is 1. The molecule has 0 radical (unpaired) electrons. The van der Waals surface area contributed by atoms with Gasteiger partial charge in [-0.15, -0.1) is 0 Å². The van der Waals surface area contributed by atoms with Crippen molar-refractivity contribution in [3.8, 4) is 0 Å². The lowest BCUT2D eigenvalue weighted by Gasteiger charge is -2.06. The molecule has 2 N–H and O–H groups in total. The first kappa shape index (κ1) is 13.8. The van der Waals surface area contributed by atoms with Gasteiger partial charge in [0, 0.05) is 5.69 Å². The average molecular weight is 300 g/mol. The molecule has 0 atom stereocenters. The Bertz CT molecular complexity index is 716. The lowest BCUT2D eigenvalue weighted by molar-refractivity contribution is 0.594. The van der Waals surface area contributed by atoms with E-state index in [-0.39, 0.29) is 15.7 Å². The summed E-state index contributed by atoms with van der Waals surface area (Å²) in [6.07, 6.45) is 0. The standard InChI is InChI=1S/C13H11ClFNO2S/c14-12-5-4-9(6-13(12)15)8-19(17,18)11-3-1-2-10(16)7-11/h1-7H,8,16H2. The maximum absolute atomic E-state index is 13.3. The highest BCUT2D eigenvalue weighted by molar-refractivity contribution is 7.90. The molecule has 0 aliphatic carbocycles. The van der Waals surface area contributed by atoms with Crippen LogP contribution in [0.3, 0.4) is 0 Å². The summed E-state index contributed by atoms with van der Waals surface area (Å²) in [5, 5.41) is -0.0369. The normalized spacial score (nSPS) is 11.5. The van der Waals surface area contributed by atoms with Crippen LogP contribution >= 0.6 is 11.6 Å². The summed E-state index contributed by atoms with van der Waals surface area (Å²) < 4.78 is 37.6. The van der Waals surface area contributed by atoms with Gasteiger partial charge in [-0.3, -0.25) is 0 Å². The molecule has 0 spiro atoms. The predicted molar refractivity (Wildman–Crippen MR) is 73.2 cm³/mol. The molecule has 0 aliphatic heterocycles. The second-order valence-corrected chi connectivity index (χ2v) is 6.48. The molecule has 0 saturated carbocycles. The van der Waals surface area contributed by atoms with Crippen LogP contribution in [0.25, 0.3) is 0 Å². The fourth-order valence-corrected chi connectivity index (χ4v) is 3.14. The van der Waals surface area contributed by atoms with Crippen molar-refractivity contribution in [1.82, 2.24) is 0 Å². The van der Waals surface area contributed by atoms with Crippen LogP contribution in [0.15, 0.2) is 47.4 Å². The van der Waals surface area contributed by atoms with E-state index in [2.05, 4.69) is 0 Å². The Hall–Kier alpha value is -1.59. The van der Waals surface area contributed by atoms with E-state index in [4.69, 9.17) is 17.3 Å². The fraction of sp³-hybridized carbons (Fsp3) is 0.0769. The summed E-state index contributed by atoms with van der Waals surface area (Å²) in [6.45, 7) is 0. The third kappa shape index (κ3) is 3.24. The van der Waals surface area contributed by atoms with Crippen molar-refractivity contribution >= 4 is 27.1 Å². The molecule has 2 aromatic rings. The topological polar surface area (TPSA) is 60.2 Å². The fourth-order valence-electron chi connectivity index (χ4n) is 1.64. The van der Waals surface area contributed by atoms with E-state index in [1.165, 1.54) is 24.3 Å². The molecule has 0 unspecified atom stereocenters. The van der Waals surface area contributed by atoms with Gasteiger partial charge in [0.2, 0.25) is 0 Å². The molecule has 100 valence electrons. The number of halogens is 2. The monoisotopic (exact) mass is 299 g/mol. The Morgan fingerprint density at radius 1 is 1.16 bits per heavy atom. The molecule has 3 nitrogen and oxygen atoms in total. The molecule has 0 saturated heterocycles. The minimum atomic E-state index is -3.56. The lowest BCUT2D eigenvalue weighted by Crippen LogP contribution is -2.05. The lowest BCUT2D eigenvalue weighted by atomic mass is 10.2. The zero-order valence-corrected chi connectivity index (χ0v) is 11.4. The van der Waals surface area contributed by atoms with E-state index >= 15 is 0 Å². The minimum absolute atomic E-state index is 0.0369. The first-order chi connectivity index (χ1) is 8.88. The number of sulfone groups is 1. The summed E-state index contributed by atoms with van der Waals surface area (Å²) in [5.74, 6) is -0.938. The Labute approximate surface area is 115 Å². The van der Waals surface area contributed by atoms with Gasteiger partial charge in [0.25, 0.3) is 0 Å². The van der Waals surface area contributed by atoms with Crippen molar-refractivity contribution in [2.45, 2.75) is 10.6 Å². The van der Waals surface area contributed by atoms with Gasteiger partial charge in [0.1, 0.15) is 5.82 Å². The zero-order chi connectivity index (χ0) is 14.0. The second kappa shape index (κ2) is 5.19. The zero-order valence-electron chi connectivity index (χ0n) is 9.81. The first-order valence-electron chi connectivity index (χ1n) is 5.41. The van der Waals surface area contributed by atoms with E-state index in [0.29, 0.717) is 11.3 Å². The molecule has 0 fully saturated rings. The van der Waals surface area contributed by atoms with Crippen molar-refractivity contribution in [2.75, 3.05) is 5.73 Å². The van der Waals surface area contributed by atoms with E-state index in [1.54, 1.807) is 12.1 Å². The maximum Gasteiger partial charge on any atom is 0.182 e. The molecule has 19 heavy (non-hydrogen) atoms. The van der Waals surface area contributed by atoms with Crippen molar-refractivity contribution in [3.63, 3.8) is 0 Å². The number of hydrogen-bond donors (Lipinski definition) is 1. The molecule has 0 amide bonds. The highest BCUT2D eigenvalue weighted by atomic mass is 35.5. The quantitative estimate of drug-likeness (QED) is 0.886. The van der Waals surface area contributed by atoms with Crippen molar-refractivity contribution < 1.29 is 12.8 Å². The summed E-state index contributed by atoms with van der Waals surface area (Å²) in [4.78, 5) is 0.114. The van der Waals surface area contributed by atoms with Crippen LogP contribution < -0.4 is 5.73 Å². The van der Waals surface area contributed by atoms with Gasteiger partial charge in [0.15, 0.2) is 9.84 Å². The Balaban J connectivity index is 2.33. The van der Waals surface area contributed by atoms with Crippen LogP contribution in [-0.2, 0) is 15.6 Å². The van der Waals surface area contributed by atoms with Crippen LogP contribution in [0.5, 0.6) is 0 Å².